The molecule has 0 saturated carbocycles. The van der Waals surface area contributed by atoms with Gasteiger partial charge in [-0.1, -0.05) is 23.3 Å². The summed E-state index contributed by atoms with van der Waals surface area (Å²) < 4.78 is 25.5. The average Bonchev–Trinajstić information content (AvgIpc) is 2.80. The lowest BCUT2D eigenvalue weighted by Crippen LogP contribution is -2.42. The Morgan fingerprint density at radius 1 is 1.52 bits per heavy atom. The number of ether oxygens (including phenoxy) is 2. The van der Waals surface area contributed by atoms with Gasteiger partial charge in [-0.15, -0.1) is 0 Å². The Hall–Kier alpha value is -1.66. The van der Waals surface area contributed by atoms with Gasteiger partial charge in [-0.3, -0.25) is 0 Å². The number of benzene rings is 1. The number of rotatable bonds is 5. The van der Waals surface area contributed by atoms with E-state index >= 15 is 0 Å². The second-order valence-electron chi connectivity index (χ2n) is 5.38. The summed E-state index contributed by atoms with van der Waals surface area (Å²) in [6.45, 7) is 3.34. The van der Waals surface area contributed by atoms with Crippen molar-refractivity contribution in [3.05, 3.63) is 46.1 Å². The molecule has 1 fully saturated rings. The Bertz CT molecular complexity index is 560. The van der Waals surface area contributed by atoms with Crippen LogP contribution in [0.15, 0.2) is 29.4 Å². The second kappa shape index (κ2) is 5.99. The van der Waals surface area contributed by atoms with Crippen molar-refractivity contribution in [1.29, 1.82) is 0 Å². The zero-order valence-electron chi connectivity index (χ0n) is 12.0. The fraction of sp³-hybridized carbons (Fsp3) is 0.571. The molecule has 1 aliphatic heterocycles. The highest BCUT2D eigenvalue weighted by molar-refractivity contribution is 5.29. The fourth-order valence-corrected chi connectivity index (χ4v) is 2.62. The third-order valence-electron chi connectivity index (χ3n) is 3.60. The van der Waals surface area contributed by atoms with Gasteiger partial charge in [0.25, 0.3) is 0 Å². The van der Waals surface area contributed by atoms with Crippen LogP contribution in [0.1, 0.15) is 25.8 Å². The minimum atomic E-state index is -1.34. The van der Waals surface area contributed by atoms with E-state index in [1.807, 2.05) is 0 Å². The summed E-state index contributed by atoms with van der Waals surface area (Å²) in [6.07, 6.45) is -0.630. The standard InChI is InChI=1S/C14H18FN3O3/c1-13(2)20-9-12(21-13)14(7-8-19,17-18-16)10-5-3-4-6-11(10)15/h3-6,12,19H,7-9H2,1-2H3/t12-,14?/m0/s1. The first kappa shape index (κ1) is 15.7. The fourth-order valence-electron chi connectivity index (χ4n) is 2.62. The molecule has 1 aromatic carbocycles. The zero-order valence-corrected chi connectivity index (χ0v) is 12.0. The van der Waals surface area contributed by atoms with E-state index in [0.29, 0.717) is 0 Å². The molecule has 114 valence electrons. The van der Waals surface area contributed by atoms with E-state index in [9.17, 15) is 9.50 Å². The van der Waals surface area contributed by atoms with Crippen LogP contribution in [-0.4, -0.2) is 30.2 Å². The van der Waals surface area contributed by atoms with E-state index in [4.69, 9.17) is 15.0 Å². The van der Waals surface area contributed by atoms with E-state index in [1.165, 1.54) is 12.1 Å². The molecule has 1 aromatic rings. The summed E-state index contributed by atoms with van der Waals surface area (Å²) in [7, 11) is 0. The normalized spacial score (nSPS) is 23.3. The maximum atomic E-state index is 14.2. The highest BCUT2D eigenvalue weighted by Crippen LogP contribution is 2.41. The molecule has 1 unspecified atom stereocenters. The lowest BCUT2D eigenvalue weighted by Gasteiger charge is -2.34. The molecule has 1 aliphatic rings. The second-order valence-corrected chi connectivity index (χ2v) is 5.38. The zero-order chi connectivity index (χ0) is 15.5. The van der Waals surface area contributed by atoms with Crippen molar-refractivity contribution in [1.82, 2.24) is 0 Å². The van der Waals surface area contributed by atoms with Gasteiger partial charge in [-0.2, -0.15) is 0 Å². The van der Waals surface area contributed by atoms with Gasteiger partial charge in [0, 0.05) is 17.1 Å². The van der Waals surface area contributed by atoms with E-state index in [0.717, 1.165) is 0 Å². The number of nitrogens with zero attached hydrogens (tertiary/aromatic N) is 3. The van der Waals surface area contributed by atoms with Gasteiger partial charge < -0.3 is 14.6 Å². The minimum absolute atomic E-state index is 0.0438. The Balaban J connectivity index is 2.54. The van der Waals surface area contributed by atoms with E-state index < -0.39 is 23.2 Å². The third-order valence-corrected chi connectivity index (χ3v) is 3.60. The Kier molecular flexibility index (Phi) is 4.49. The van der Waals surface area contributed by atoms with Gasteiger partial charge in [-0.05, 0) is 31.9 Å². The molecule has 0 aromatic heterocycles. The maximum Gasteiger partial charge on any atom is 0.163 e. The van der Waals surface area contributed by atoms with Crippen LogP contribution in [0.2, 0.25) is 0 Å². The lowest BCUT2D eigenvalue weighted by atomic mass is 9.82. The molecule has 0 amide bonds. The predicted molar refractivity (Wildman–Crippen MR) is 73.8 cm³/mol. The van der Waals surface area contributed by atoms with E-state index in [-0.39, 0.29) is 25.2 Å². The molecule has 7 heteroatoms. The van der Waals surface area contributed by atoms with Gasteiger partial charge in [0.15, 0.2) is 5.79 Å². The smallest absolute Gasteiger partial charge is 0.163 e. The number of hydrogen-bond acceptors (Lipinski definition) is 4. The number of hydrogen-bond donors (Lipinski definition) is 1. The molecule has 1 N–H and O–H groups in total. The Morgan fingerprint density at radius 2 is 2.24 bits per heavy atom. The molecule has 2 atom stereocenters. The number of aliphatic hydroxyl groups excluding tert-OH is 1. The van der Waals surface area contributed by atoms with Crippen molar-refractivity contribution >= 4 is 0 Å². The minimum Gasteiger partial charge on any atom is -0.396 e. The van der Waals surface area contributed by atoms with Crippen LogP contribution in [0, 0.1) is 5.82 Å². The summed E-state index contributed by atoms with van der Waals surface area (Å²) in [5, 5.41) is 13.2. The van der Waals surface area contributed by atoms with Crippen molar-refractivity contribution in [2.24, 2.45) is 5.11 Å². The van der Waals surface area contributed by atoms with Crippen LogP contribution in [0.4, 0.5) is 4.39 Å². The first-order valence-electron chi connectivity index (χ1n) is 6.69. The molecule has 1 heterocycles. The number of azide groups is 1. The van der Waals surface area contributed by atoms with E-state index in [2.05, 4.69) is 10.0 Å². The van der Waals surface area contributed by atoms with Crippen LogP contribution in [0.5, 0.6) is 0 Å². The highest BCUT2D eigenvalue weighted by Gasteiger charge is 2.48. The topological polar surface area (TPSA) is 87.5 Å². The Labute approximate surface area is 122 Å². The van der Waals surface area contributed by atoms with Crippen molar-refractivity contribution in [2.45, 2.75) is 37.7 Å². The quantitative estimate of drug-likeness (QED) is 0.514. The van der Waals surface area contributed by atoms with Crippen molar-refractivity contribution in [3.63, 3.8) is 0 Å². The summed E-state index contributed by atoms with van der Waals surface area (Å²) in [4.78, 5) is 2.85. The van der Waals surface area contributed by atoms with Crippen molar-refractivity contribution < 1.29 is 19.0 Å². The molecule has 2 rings (SSSR count). The lowest BCUT2D eigenvalue weighted by molar-refractivity contribution is -0.148. The summed E-state index contributed by atoms with van der Waals surface area (Å²) in [6, 6.07) is 6.02. The molecule has 0 spiro atoms. The first-order valence-corrected chi connectivity index (χ1v) is 6.69. The van der Waals surface area contributed by atoms with Crippen LogP contribution >= 0.6 is 0 Å². The number of aliphatic hydroxyl groups is 1. The summed E-state index contributed by atoms with van der Waals surface area (Å²) in [5.41, 5.74) is 7.78. The van der Waals surface area contributed by atoms with Gasteiger partial charge in [0.1, 0.15) is 11.4 Å². The molecular formula is C14H18FN3O3. The highest BCUT2D eigenvalue weighted by atomic mass is 19.1. The van der Waals surface area contributed by atoms with Crippen molar-refractivity contribution in [2.75, 3.05) is 13.2 Å². The van der Waals surface area contributed by atoms with Crippen molar-refractivity contribution in [3.8, 4) is 0 Å². The number of halogens is 1. The Morgan fingerprint density at radius 3 is 2.76 bits per heavy atom. The van der Waals surface area contributed by atoms with Gasteiger partial charge in [-0.25, -0.2) is 4.39 Å². The summed E-state index contributed by atoms with van der Waals surface area (Å²) in [5.74, 6) is -1.35. The maximum absolute atomic E-state index is 14.2. The molecular weight excluding hydrogens is 277 g/mol. The molecule has 0 bridgehead atoms. The van der Waals surface area contributed by atoms with Crippen LogP contribution < -0.4 is 0 Å². The molecule has 6 nitrogen and oxygen atoms in total. The van der Waals surface area contributed by atoms with Crippen LogP contribution in [0.25, 0.3) is 10.4 Å². The van der Waals surface area contributed by atoms with Crippen LogP contribution in [-0.2, 0) is 15.0 Å². The van der Waals surface area contributed by atoms with Gasteiger partial charge >= 0.3 is 0 Å². The third kappa shape index (κ3) is 3.01. The van der Waals surface area contributed by atoms with Crippen LogP contribution in [0.3, 0.4) is 0 Å². The van der Waals surface area contributed by atoms with E-state index in [1.54, 1.807) is 26.0 Å². The molecule has 0 radical (unpaired) electrons. The summed E-state index contributed by atoms with van der Waals surface area (Å²) >= 11 is 0. The largest absolute Gasteiger partial charge is 0.396 e. The monoisotopic (exact) mass is 295 g/mol. The predicted octanol–water partition coefficient (Wildman–Crippen LogP) is 2.87. The molecule has 21 heavy (non-hydrogen) atoms. The SMILES string of the molecule is CC1(C)OC[C@@H](C(CCO)(N=[N+]=[N-])c2ccccc2F)O1. The van der Waals surface area contributed by atoms with Gasteiger partial charge in [0.2, 0.25) is 0 Å². The van der Waals surface area contributed by atoms with Gasteiger partial charge in [0.05, 0.1) is 12.7 Å². The molecule has 1 saturated heterocycles. The first-order chi connectivity index (χ1) is 9.95. The average molecular weight is 295 g/mol. The molecule has 0 aliphatic carbocycles.